The van der Waals surface area contributed by atoms with Crippen LogP contribution in [-0.2, 0) is 10.0 Å². The van der Waals surface area contributed by atoms with E-state index in [0.717, 1.165) is 18.2 Å². The first-order valence-electron chi connectivity index (χ1n) is 4.57. The van der Waals surface area contributed by atoms with Crippen LogP contribution in [0.5, 0.6) is 0 Å². The Morgan fingerprint density at radius 1 is 1.44 bits per heavy atom. The van der Waals surface area contributed by atoms with E-state index in [4.69, 9.17) is 11.6 Å². The highest BCUT2D eigenvalue weighted by atomic mass is 79.9. The summed E-state index contributed by atoms with van der Waals surface area (Å²) < 4.78 is 39.6. The molecule has 2 rings (SSSR count). The third-order valence-electron chi connectivity index (χ3n) is 2.03. The molecule has 0 atom stereocenters. The van der Waals surface area contributed by atoms with Crippen molar-refractivity contribution < 1.29 is 12.8 Å². The summed E-state index contributed by atoms with van der Waals surface area (Å²) in [6.07, 6.45) is 1.40. The summed E-state index contributed by atoms with van der Waals surface area (Å²) in [4.78, 5) is -0.143. The smallest absolute Gasteiger partial charge is 0.263 e. The number of hydrogen-bond donors (Lipinski definition) is 2. The van der Waals surface area contributed by atoms with Gasteiger partial charge in [-0.3, -0.25) is 9.82 Å². The van der Waals surface area contributed by atoms with E-state index in [1.807, 2.05) is 0 Å². The van der Waals surface area contributed by atoms with Gasteiger partial charge in [-0.15, -0.1) is 0 Å². The number of anilines is 1. The molecular formula is C9H6BrClFN3O2S. The van der Waals surface area contributed by atoms with Crippen LogP contribution in [0.25, 0.3) is 0 Å². The molecule has 0 aliphatic carbocycles. The van der Waals surface area contributed by atoms with Crippen LogP contribution in [0.2, 0.25) is 5.02 Å². The summed E-state index contributed by atoms with van der Waals surface area (Å²) in [5.74, 6) is -0.506. The fourth-order valence-corrected chi connectivity index (χ4v) is 2.91. The summed E-state index contributed by atoms with van der Waals surface area (Å²) in [6, 6.07) is 3.14. The van der Waals surface area contributed by atoms with Crippen LogP contribution >= 0.6 is 27.5 Å². The van der Waals surface area contributed by atoms with Gasteiger partial charge in [-0.2, -0.15) is 5.10 Å². The van der Waals surface area contributed by atoms with E-state index in [0.29, 0.717) is 4.47 Å². The molecule has 0 fully saturated rings. The van der Waals surface area contributed by atoms with Gasteiger partial charge in [-0.1, -0.05) is 11.6 Å². The zero-order valence-corrected chi connectivity index (χ0v) is 11.8. The maximum atomic E-state index is 13.0. The number of H-pyrrole nitrogens is 1. The lowest BCUT2D eigenvalue weighted by Crippen LogP contribution is -2.13. The third kappa shape index (κ3) is 2.65. The molecule has 5 nitrogen and oxygen atoms in total. The minimum absolute atomic E-state index is 0.143. The Kier molecular flexibility index (Phi) is 3.60. The molecule has 0 saturated heterocycles. The second-order valence-corrected chi connectivity index (χ2v) is 6.22. The van der Waals surface area contributed by atoms with Gasteiger partial charge in [0.2, 0.25) is 0 Å². The number of aromatic amines is 1. The van der Waals surface area contributed by atoms with Crippen molar-refractivity contribution in [1.82, 2.24) is 10.2 Å². The Labute approximate surface area is 116 Å². The van der Waals surface area contributed by atoms with Crippen molar-refractivity contribution >= 4 is 43.4 Å². The molecule has 2 N–H and O–H groups in total. The molecule has 0 saturated carbocycles. The van der Waals surface area contributed by atoms with Gasteiger partial charge in [0.1, 0.15) is 11.6 Å². The van der Waals surface area contributed by atoms with Crippen LogP contribution in [0.3, 0.4) is 0 Å². The van der Waals surface area contributed by atoms with Gasteiger partial charge in [-0.25, -0.2) is 12.8 Å². The number of rotatable bonds is 3. The number of halogens is 3. The Balaban J connectivity index is 2.37. The first-order chi connectivity index (χ1) is 8.40. The van der Waals surface area contributed by atoms with Crippen molar-refractivity contribution in [2.75, 3.05) is 4.72 Å². The molecule has 0 aliphatic heterocycles. The molecule has 0 unspecified atom stereocenters. The van der Waals surface area contributed by atoms with Crippen molar-refractivity contribution in [3.63, 3.8) is 0 Å². The van der Waals surface area contributed by atoms with Crippen LogP contribution < -0.4 is 4.72 Å². The van der Waals surface area contributed by atoms with Crippen molar-refractivity contribution in [1.29, 1.82) is 0 Å². The van der Waals surface area contributed by atoms with Gasteiger partial charge >= 0.3 is 0 Å². The molecule has 1 heterocycles. The van der Waals surface area contributed by atoms with Crippen LogP contribution in [0, 0.1) is 5.82 Å². The third-order valence-corrected chi connectivity index (χ3v) is 4.27. The minimum atomic E-state index is -3.85. The zero-order valence-electron chi connectivity index (χ0n) is 8.62. The summed E-state index contributed by atoms with van der Waals surface area (Å²) in [7, 11) is -3.85. The molecule has 1 aromatic carbocycles. The van der Waals surface area contributed by atoms with Crippen molar-refractivity contribution in [2.45, 2.75) is 4.90 Å². The average molecular weight is 355 g/mol. The Morgan fingerprint density at radius 3 is 2.72 bits per heavy atom. The summed E-state index contributed by atoms with van der Waals surface area (Å²) in [6.45, 7) is 0. The lowest BCUT2D eigenvalue weighted by atomic mass is 10.3. The average Bonchev–Trinajstić information content (AvgIpc) is 2.67. The number of hydrogen-bond acceptors (Lipinski definition) is 3. The van der Waals surface area contributed by atoms with Crippen LogP contribution in [0.4, 0.5) is 10.2 Å². The van der Waals surface area contributed by atoms with Gasteiger partial charge in [0, 0.05) is 0 Å². The highest BCUT2D eigenvalue weighted by Crippen LogP contribution is 2.24. The number of nitrogens with zero attached hydrogens (tertiary/aromatic N) is 1. The van der Waals surface area contributed by atoms with Crippen LogP contribution in [0.15, 0.2) is 33.8 Å². The van der Waals surface area contributed by atoms with E-state index in [-0.39, 0.29) is 15.7 Å². The molecule has 0 aliphatic rings. The number of benzene rings is 1. The first-order valence-corrected chi connectivity index (χ1v) is 7.22. The number of nitrogens with one attached hydrogen (secondary N) is 2. The van der Waals surface area contributed by atoms with Crippen molar-refractivity contribution in [2.24, 2.45) is 0 Å². The normalized spacial score (nSPS) is 11.5. The summed E-state index contributed by atoms with van der Waals surface area (Å²) in [5.41, 5.74) is 0. The predicted molar refractivity (Wildman–Crippen MR) is 68.5 cm³/mol. The van der Waals surface area contributed by atoms with E-state index in [1.165, 1.54) is 6.20 Å². The van der Waals surface area contributed by atoms with Gasteiger partial charge in [0.15, 0.2) is 0 Å². The molecule has 0 bridgehead atoms. The molecule has 2 aromatic rings. The Hall–Kier alpha value is -1.12. The molecule has 0 amide bonds. The Morgan fingerprint density at radius 2 is 2.17 bits per heavy atom. The van der Waals surface area contributed by atoms with E-state index < -0.39 is 15.8 Å². The highest BCUT2D eigenvalue weighted by molar-refractivity contribution is 9.10. The standard InChI is InChI=1S/C9H6BrClFN3O2S/c10-6-4-13-14-9(6)15-18(16,17)5-1-2-8(12)7(11)3-5/h1-4H,(H2,13,14,15). The Bertz CT molecular complexity index is 689. The fourth-order valence-electron chi connectivity index (χ4n) is 1.18. The lowest BCUT2D eigenvalue weighted by molar-refractivity contribution is 0.599. The largest absolute Gasteiger partial charge is 0.263 e. The molecular weight excluding hydrogens is 349 g/mol. The molecule has 1 aromatic heterocycles. The van der Waals surface area contributed by atoms with E-state index in [9.17, 15) is 12.8 Å². The molecule has 96 valence electrons. The van der Waals surface area contributed by atoms with Gasteiger partial charge in [0.25, 0.3) is 10.0 Å². The second-order valence-electron chi connectivity index (χ2n) is 3.27. The van der Waals surface area contributed by atoms with E-state index in [1.54, 1.807) is 0 Å². The molecule has 0 spiro atoms. The molecule has 0 radical (unpaired) electrons. The van der Waals surface area contributed by atoms with Crippen molar-refractivity contribution in [3.8, 4) is 0 Å². The molecule has 18 heavy (non-hydrogen) atoms. The van der Waals surface area contributed by atoms with E-state index >= 15 is 0 Å². The van der Waals surface area contributed by atoms with Crippen LogP contribution in [-0.4, -0.2) is 18.6 Å². The second kappa shape index (κ2) is 4.87. The predicted octanol–water partition coefficient (Wildman–Crippen LogP) is 2.77. The monoisotopic (exact) mass is 353 g/mol. The number of sulfonamides is 1. The fraction of sp³-hybridized carbons (Fsp3) is 0. The SMILES string of the molecule is O=S(=O)(Nc1[nH]ncc1Br)c1ccc(F)c(Cl)c1. The topological polar surface area (TPSA) is 74.8 Å². The maximum Gasteiger partial charge on any atom is 0.263 e. The minimum Gasteiger partial charge on any atom is -0.263 e. The first kappa shape index (κ1) is 13.3. The maximum absolute atomic E-state index is 13.0. The highest BCUT2D eigenvalue weighted by Gasteiger charge is 2.18. The van der Waals surface area contributed by atoms with Gasteiger partial charge < -0.3 is 0 Å². The zero-order chi connectivity index (χ0) is 13.3. The summed E-state index contributed by atoms with van der Waals surface area (Å²) in [5, 5.41) is 5.85. The summed E-state index contributed by atoms with van der Waals surface area (Å²) >= 11 is 8.65. The number of aromatic nitrogens is 2. The van der Waals surface area contributed by atoms with E-state index in [2.05, 4.69) is 30.8 Å². The van der Waals surface area contributed by atoms with Gasteiger partial charge in [-0.05, 0) is 34.1 Å². The van der Waals surface area contributed by atoms with Gasteiger partial charge in [0.05, 0.1) is 20.6 Å². The van der Waals surface area contributed by atoms with Crippen LogP contribution in [0.1, 0.15) is 0 Å². The molecule has 9 heteroatoms. The lowest BCUT2D eigenvalue weighted by Gasteiger charge is -2.07. The van der Waals surface area contributed by atoms with Crippen molar-refractivity contribution in [3.05, 3.63) is 39.7 Å². The quantitative estimate of drug-likeness (QED) is 0.890.